The van der Waals surface area contributed by atoms with Crippen LogP contribution in [0, 0.1) is 0 Å². The first-order valence-electron chi connectivity index (χ1n) is 4.81. The molecule has 0 atom stereocenters. The van der Waals surface area contributed by atoms with Crippen LogP contribution in [0.2, 0.25) is 0 Å². The first-order valence-corrected chi connectivity index (χ1v) is 8.02. The van der Waals surface area contributed by atoms with Crippen LogP contribution in [0.25, 0.3) is 0 Å². The molecule has 3 nitrogen and oxygen atoms in total. The van der Waals surface area contributed by atoms with E-state index < -0.39 is 15.4 Å². The Kier molecular flexibility index (Phi) is 6.09. The van der Waals surface area contributed by atoms with Gasteiger partial charge >= 0.3 is 0 Å². The fourth-order valence-corrected chi connectivity index (χ4v) is 3.54. The second-order valence-electron chi connectivity index (χ2n) is 3.61. The zero-order valence-corrected chi connectivity index (χ0v) is 10.7. The maximum absolute atomic E-state index is 10.8. The molecule has 0 aromatic rings. The van der Waals surface area contributed by atoms with Crippen LogP contribution in [0.15, 0.2) is 0 Å². The van der Waals surface area contributed by atoms with Crippen molar-refractivity contribution in [2.24, 2.45) is 0 Å². The molecule has 0 aliphatic carbocycles. The van der Waals surface area contributed by atoms with E-state index >= 15 is 0 Å². The van der Waals surface area contributed by atoms with Gasteiger partial charge in [0.2, 0.25) is 0 Å². The Labute approximate surface area is 91.2 Å². The standard InChI is InChI=1S/C9H20O3S2/c1-4-9(10,5-2)8-13-6-7-14(3,11)12/h10H,4-8H2,1-3H3. The normalized spacial score (nSPS) is 13.1. The number of hydrogen-bond donors (Lipinski definition) is 1. The fraction of sp³-hybridized carbons (Fsp3) is 1.00. The van der Waals surface area contributed by atoms with E-state index in [9.17, 15) is 13.5 Å². The predicted molar refractivity (Wildman–Crippen MR) is 62.6 cm³/mol. The summed E-state index contributed by atoms with van der Waals surface area (Å²) in [5, 5.41) is 9.89. The van der Waals surface area contributed by atoms with Crippen molar-refractivity contribution < 1.29 is 13.5 Å². The van der Waals surface area contributed by atoms with E-state index in [0.29, 0.717) is 11.5 Å². The lowest BCUT2D eigenvalue weighted by Crippen LogP contribution is -2.30. The third-order valence-electron chi connectivity index (χ3n) is 2.29. The minimum atomic E-state index is -2.86. The molecule has 0 aliphatic heterocycles. The second kappa shape index (κ2) is 5.98. The highest BCUT2D eigenvalue weighted by atomic mass is 32.2. The first-order chi connectivity index (χ1) is 6.33. The Balaban J connectivity index is 3.74. The van der Waals surface area contributed by atoms with Crippen molar-refractivity contribution in [3.63, 3.8) is 0 Å². The molecule has 0 heterocycles. The van der Waals surface area contributed by atoms with Gasteiger partial charge in [-0.15, -0.1) is 0 Å². The summed E-state index contributed by atoms with van der Waals surface area (Å²) in [6, 6.07) is 0. The lowest BCUT2D eigenvalue weighted by atomic mass is 10.0. The molecule has 1 N–H and O–H groups in total. The number of thioether (sulfide) groups is 1. The lowest BCUT2D eigenvalue weighted by Gasteiger charge is -2.24. The van der Waals surface area contributed by atoms with Gasteiger partial charge in [0, 0.05) is 17.8 Å². The van der Waals surface area contributed by atoms with Gasteiger partial charge in [-0.3, -0.25) is 0 Å². The summed E-state index contributed by atoms with van der Waals surface area (Å²) in [6.45, 7) is 3.89. The van der Waals surface area contributed by atoms with E-state index in [1.165, 1.54) is 18.0 Å². The van der Waals surface area contributed by atoms with E-state index in [-0.39, 0.29) is 5.75 Å². The van der Waals surface area contributed by atoms with Gasteiger partial charge in [-0.2, -0.15) is 11.8 Å². The predicted octanol–water partition coefficient (Wildman–Crippen LogP) is 1.32. The minimum absolute atomic E-state index is 0.196. The molecule has 0 bridgehead atoms. The summed E-state index contributed by atoms with van der Waals surface area (Å²) >= 11 is 1.51. The van der Waals surface area contributed by atoms with Gasteiger partial charge in [0.15, 0.2) is 0 Å². The smallest absolute Gasteiger partial charge is 0.148 e. The summed E-state index contributed by atoms with van der Waals surface area (Å²) in [5.41, 5.74) is -0.623. The van der Waals surface area contributed by atoms with Crippen LogP contribution < -0.4 is 0 Å². The average Bonchev–Trinajstić information content (AvgIpc) is 2.11. The van der Waals surface area contributed by atoms with Crippen LogP contribution >= 0.6 is 11.8 Å². The van der Waals surface area contributed by atoms with E-state index in [2.05, 4.69) is 0 Å². The zero-order valence-electron chi connectivity index (χ0n) is 9.12. The third-order valence-corrected chi connectivity index (χ3v) is 4.72. The summed E-state index contributed by atoms with van der Waals surface area (Å²) in [6.07, 6.45) is 2.67. The molecule has 14 heavy (non-hydrogen) atoms. The average molecular weight is 240 g/mol. The van der Waals surface area contributed by atoms with Crippen molar-refractivity contribution in [3.8, 4) is 0 Å². The topological polar surface area (TPSA) is 54.4 Å². The van der Waals surface area contributed by atoms with Crippen LogP contribution in [0.3, 0.4) is 0 Å². The second-order valence-corrected chi connectivity index (χ2v) is 6.98. The van der Waals surface area contributed by atoms with Crippen molar-refractivity contribution >= 4 is 21.6 Å². The van der Waals surface area contributed by atoms with Crippen LogP contribution in [0.1, 0.15) is 26.7 Å². The van der Waals surface area contributed by atoms with E-state index in [1.54, 1.807) is 0 Å². The van der Waals surface area contributed by atoms with Gasteiger partial charge in [0.05, 0.1) is 11.4 Å². The molecule has 0 aliphatic rings. The van der Waals surface area contributed by atoms with Crippen molar-refractivity contribution in [3.05, 3.63) is 0 Å². The maximum atomic E-state index is 10.8. The highest BCUT2D eigenvalue weighted by Crippen LogP contribution is 2.20. The van der Waals surface area contributed by atoms with Crippen molar-refractivity contribution in [1.82, 2.24) is 0 Å². The number of hydrogen-bond acceptors (Lipinski definition) is 4. The van der Waals surface area contributed by atoms with Gasteiger partial charge in [-0.25, -0.2) is 8.42 Å². The van der Waals surface area contributed by atoms with Crippen LogP contribution in [-0.2, 0) is 9.84 Å². The first kappa shape index (κ1) is 14.3. The molecule has 0 saturated carbocycles. The largest absolute Gasteiger partial charge is 0.389 e. The van der Waals surface area contributed by atoms with Gasteiger partial charge in [0.1, 0.15) is 9.84 Å². The van der Waals surface area contributed by atoms with Gasteiger partial charge in [-0.1, -0.05) is 13.8 Å². The Bertz CT molecular complexity index is 243. The van der Waals surface area contributed by atoms with Crippen LogP contribution in [0.4, 0.5) is 0 Å². The van der Waals surface area contributed by atoms with E-state index in [4.69, 9.17) is 0 Å². The van der Waals surface area contributed by atoms with Gasteiger partial charge < -0.3 is 5.11 Å². The van der Waals surface area contributed by atoms with Crippen molar-refractivity contribution in [2.45, 2.75) is 32.3 Å². The molecule has 86 valence electrons. The summed E-state index contributed by atoms with van der Waals surface area (Å²) in [4.78, 5) is 0. The molecule has 0 unspecified atom stereocenters. The molecule has 5 heteroatoms. The molecule has 0 spiro atoms. The Morgan fingerprint density at radius 3 is 2.14 bits per heavy atom. The molecule has 0 radical (unpaired) electrons. The monoisotopic (exact) mass is 240 g/mol. The molecule has 0 aromatic heterocycles. The zero-order chi connectivity index (χ0) is 11.2. The SMILES string of the molecule is CCC(O)(CC)CSCCS(C)(=O)=O. The Morgan fingerprint density at radius 2 is 1.79 bits per heavy atom. The molecule has 0 amide bonds. The van der Waals surface area contributed by atoms with Gasteiger partial charge in [-0.05, 0) is 12.8 Å². The highest BCUT2D eigenvalue weighted by molar-refractivity contribution is 8.00. The molecular weight excluding hydrogens is 220 g/mol. The lowest BCUT2D eigenvalue weighted by molar-refractivity contribution is 0.0572. The van der Waals surface area contributed by atoms with Gasteiger partial charge in [0.25, 0.3) is 0 Å². The third kappa shape index (κ3) is 6.68. The quantitative estimate of drug-likeness (QED) is 0.682. The van der Waals surface area contributed by atoms with Crippen LogP contribution in [-0.4, -0.2) is 42.6 Å². The van der Waals surface area contributed by atoms with Crippen molar-refractivity contribution in [1.29, 1.82) is 0 Å². The van der Waals surface area contributed by atoms with E-state index in [0.717, 1.165) is 12.8 Å². The molecular formula is C9H20O3S2. The highest BCUT2D eigenvalue weighted by Gasteiger charge is 2.21. The molecule has 0 aromatic carbocycles. The number of rotatable bonds is 7. The van der Waals surface area contributed by atoms with Crippen molar-refractivity contribution in [2.75, 3.05) is 23.5 Å². The maximum Gasteiger partial charge on any atom is 0.148 e. The number of aliphatic hydroxyl groups is 1. The summed E-state index contributed by atoms with van der Waals surface area (Å²) < 4.78 is 21.6. The summed E-state index contributed by atoms with van der Waals surface area (Å²) in [7, 11) is -2.86. The molecule has 0 rings (SSSR count). The minimum Gasteiger partial charge on any atom is -0.389 e. The molecule has 0 saturated heterocycles. The van der Waals surface area contributed by atoms with E-state index in [1.807, 2.05) is 13.8 Å². The van der Waals surface area contributed by atoms with Crippen LogP contribution in [0.5, 0.6) is 0 Å². The Hall–Kier alpha value is 0.260. The summed E-state index contributed by atoms with van der Waals surface area (Å²) in [5.74, 6) is 1.39. The molecule has 0 fully saturated rings. The Morgan fingerprint density at radius 1 is 1.29 bits per heavy atom. The fourth-order valence-electron chi connectivity index (χ4n) is 0.927. The number of sulfone groups is 1.